The number of anilines is 1. The van der Waals surface area contributed by atoms with E-state index in [1.807, 2.05) is 6.07 Å². The molecule has 98 valence electrons. The van der Waals surface area contributed by atoms with Gasteiger partial charge < -0.3 is 15.2 Å². The van der Waals surface area contributed by atoms with Gasteiger partial charge in [-0.3, -0.25) is 0 Å². The predicted molar refractivity (Wildman–Crippen MR) is 70.6 cm³/mol. The van der Waals surface area contributed by atoms with E-state index in [0.717, 1.165) is 16.2 Å². The van der Waals surface area contributed by atoms with Crippen molar-refractivity contribution in [2.45, 2.75) is 30.8 Å². The third-order valence-corrected chi connectivity index (χ3v) is 3.74. The number of ether oxygens (including phenoxy) is 1. The Kier molecular flexibility index (Phi) is 3.25. The first kappa shape index (κ1) is 12.3. The zero-order valence-electron chi connectivity index (χ0n) is 10.0. The van der Waals surface area contributed by atoms with Crippen molar-refractivity contribution in [3.63, 3.8) is 0 Å². The standard InChI is InChI=1S/C12H16BrN3O2/c13-9-5-10(16-11(15-9)8-1-2-8)14-6-12(17)3-4-18-7-12/h5,8,17H,1-4,6-7H2,(H,14,15,16). The molecule has 2 N–H and O–H groups in total. The highest BCUT2D eigenvalue weighted by Crippen LogP contribution is 2.38. The molecule has 0 radical (unpaired) electrons. The molecule has 0 spiro atoms. The molecular formula is C12H16BrN3O2. The minimum absolute atomic E-state index is 0.391. The normalized spacial score (nSPS) is 27.4. The monoisotopic (exact) mass is 313 g/mol. The average molecular weight is 314 g/mol. The molecule has 1 aromatic rings. The molecule has 1 aliphatic carbocycles. The molecule has 2 fully saturated rings. The van der Waals surface area contributed by atoms with E-state index in [1.54, 1.807) is 0 Å². The number of aromatic nitrogens is 2. The number of halogens is 1. The van der Waals surface area contributed by atoms with E-state index in [2.05, 4.69) is 31.2 Å². The molecule has 0 amide bonds. The van der Waals surface area contributed by atoms with Crippen molar-refractivity contribution in [3.05, 3.63) is 16.5 Å². The molecular weight excluding hydrogens is 298 g/mol. The van der Waals surface area contributed by atoms with Crippen molar-refractivity contribution in [1.29, 1.82) is 0 Å². The number of rotatable bonds is 4. The van der Waals surface area contributed by atoms with Gasteiger partial charge in [-0.2, -0.15) is 0 Å². The van der Waals surface area contributed by atoms with Gasteiger partial charge in [-0.15, -0.1) is 0 Å². The largest absolute Gasteiger partial charge is 0.386 e. The first-order valence-electron chi connectivity index (χ1n) is 6.23. The maximum absolute atomic E-state index is 10.2. The minimum atomic E-state index is -0.767. The van der Waals surface area contributed by atoms with Crippen LogP contribution in [0.25, 0.3) is 0 Å². The van der Waals surface area contributed by atoms with Crippen LogP contribution in [0.3, 0.4) is 0 Å². The molecule has 1 aliphatic heterocycles. The van der Waals surface area contributed by atoms with Gasteiger partial charge in [0.05, 0.1) is 6.61 Å². The van der Waals surface area contributed by atoms with E-state index < -0.39 is 5.60 Å². The Bertz CT molecular complexity index is 445. The van der Waals surface area contributed by atoms with Gasteiger partial charge in [0.2, 0.25) is 0 Å². The summed E-state index contributed by atoms with van der Waals surface area (Å²) in [5.74, 6) is 2.17. The Labute approximate surface area is 114 Å². The van der Waals surface area contributed by atoms with E-state index in [0.29, 0.717) is 32.1 Å². The summed E-state index contributed by atoms with van der Waals surface area (Å²) < 4.78 is 6.00. The number of hydrogen-bond acceptors (Lipinski definition) is 5. The fraction of sp³-hybridized carbons (Fsp3) is 0.667. The second-order valence-electron chi connectivity index (χ2n) is 5.09. The lowest BCUT2D eigenvalue weighted by atomic mass is 10.0. The van der Waals surface area contributed by atoms with Crippen molar-refractivity contribution in [3.8, 4) is 0 Å². The first-order chi connectivity index (χ1) is 8.65. The van der Waals surface area contributed by atoms with Gasteiger partial charge in [-0.1, -0.05) is 0 Å². The van der Waals surface area contributed by atoms with Crippen LogP contribution in [0, 0.1) is 0 Å². The van der Waals surface area contributed by atoms with Gasteiger partial charge in [0, 0.05) is 31.6 Å². The van der Waals surface area contributed by atoms with E-state index in [9.17, 15) is 5.11 Å². The lowest BCUT2D eigenvalue weighted by Crippen LogP contribution is -2.37. The lowest BCUT2D eigenvalue weighted by Gasteiger charge is -2.21. The molecule has 18 heavy (non-hydrogen) atoms. The highest BCUT2D eigenvalue weighted by atomic mass is 79.9. The molecule has 5 nitrogen and oxygen atoms in total. The maximum Gasteiger partial charge on any atom is 0.135 e. The predicted octanol–water partition coefficient (Wildman–Crippen LogP) is 1.68. The summed E-state index contributed by atoms with van der Waals surface area (Å²) in [5, 5.41) is 13.3. The van der Waals surface area contributed by atoms with Gasteiger partial charge in [0.25, 0.3) is 0 Å². The van der Waals surface area contributed by atoms with Crippen molar-refractivity contribution in [2.24, 2.45) is 0 Å². The van der Waals surface area contributed by atoms with Crippen molar-refractivity contribution >= 4 is 21.7 Å². The maximum atomic E-state index is 10.2. The molecule has 0 aromatic carbocycles. The van der Waals surface area contributed by atoms with E-state index >= 15 is 0 Å². The first-order valence-corrected chi connectivity index (χ1v) is 7.02. The molecule has 0 bridgehead atoms. The summed E-state index contributed by atoms with van der Waals surface area (Å²) in [6.07, 6.45) is 3.02. The molecule has 1 saturated carbocycles. The van der Waals surface area contributed by atoms with E-state index in [4.69, 9.17) is 4.74 Å². The molecule has 1 saturated heterocycles. The van der Waals surface area contributed by atoms with Crippen molar-refractivity contribution in [1.82, 2.24) is 9.97 Å². The van der Waals surface area contributed by atoms with Crippen LogP contribution in [0.5, 0.6) is 0 Å². The van der Waals surface area contributed by atoms with Gasteiger partial charge in [0.15, 0.2) is 0 Å². The third-order valence-electron chi connectivity index (χ3n) is 3.34. The second kappa shape index (κ2) is 4.75. The van der Waals surface area contributed by atoms with Crippen LogP contribution in [0.2, 0.25) is 0 Å². The Morgan fingerprint density at radius 3 is 3.00 bits per heavy atom. The number of hydrogen-bond donors (Lipinski definition) is 2. The second-order valence-corrected chi connectivity index (χ2v) is 5.90. The van der Waals surface area contributed by atoms with Crippen molar-refractivity contribution < 1.29 is 9.84 Å². The van der Waals surface area contributed by atoms with Crippen molar-refractivity contribution in [2.75, 3.05) is 25.1 Å². The minimum Gasteiger partial charge on any atom is -0.386 e. The zero-order chi connectivity index (χ0) is 12.6. The highest BCUT2D eigenvalue weighted by molar-refractivity contribution is 9.10. The molecule has 2 aliphatic rings. The summed E-state index contributed by atoms with van der Waals surface area (Å²) in [7, 11) is 0. The molecule has 6 heteroatoms. The molecule has 1 atom stereocenters. The fourth-order valence-corrected chi connectivity index (χ4v) is 2.44. The third kappa shape index (κ3) is 2.81. The van der Waals surface area contributed by atoms with Gasteiger partial charge in [0.1, 0.15) is 21.8 Å². The summed E-state index contributed by atoms with van der Waals surface area (Å²) in [6, 6.07) is 1.84. The average Bonchev–Trinajstić information content (AvgIpc) is 3.10. The Morgan fingerprint density at radius 2 is 2.33 bits per heavy atom. The van der Waals surface area contributed by atoms with E-state index in [-0.39, 0.29) is 0 Å². The number of nitrogens with zero attached hydrogens (tertiary/aromatic N) is 2. The molecule has 1 unspecified atom stereocenters. The Morgan fingerprint density at radius 1 is 1.50 bits per heavy atom. The van der Waals surface area contributed by atoms with Crippen LogP contribution in [0.15, 0.2) is 10.7 Å². The van der Waals surface area contributed by atoms with Crippen LogP contribution in [0.4, 0.5) is 5.82 Å². The Balaban J connectivity index is 1.68. The van der Waals surface area contributed by atoms with Crippen LogP contribution < -0.4 is 5.32 Å². The van der Waals surface area contributed by atoms with Gasteiger partial charge in [-0.25, -0.2) is 9.97 Å². The Hall–Kier alpha value is -0.720. The molecule has 3 rings (SSSR count). The lowest BCUT2D eigenvalue weighted by molar-refractivity contribution is 0.0381. The quantitative estimate of drug-likeness (QED) is 0.828. The number of aliphatic hydroxyl groups is 1. The van der Waals surface area contributed by atoms with Crippen LogP contribution in [-0.4, -0.2) is 40.4 Å². The number of nitrogens with one attached hydrogen (secondary N) is 1. The van der Waals surface area contributed by atoms with Gasteiger partial charge in [-0.05, 0) is 28.8 Å². The van der Waals surface area contributed by atoms with E-state index in [1.165, 1.54) is 12.8 Å². The smallest absolute Gasteiger partial charge is 0.135 e. The molecule has 1 aromatic heterocycles. The highest BCUT2D eigenvalue weighted by Gasteiger charge is 2.32. The fourth-order valence-electron chi connectivity index (χ4n) is 2.04. The van der Waals surface area contributed by atoms with Crippen LogP contribution >= 0.6 is 15.9 Å². The summed E-state index contributed by atoms with van der Waals surface area (Å²) in [5.41, 5.74) is -0.767. The zero-order valence-corrected chi connectivity index (χ0v) is 11.6. The van der Waals surface area contributed by atoms with Crippen LogP contribution in [-0.2, 0) is 4.74 Å². The summed E-state index contributed by atoms with van der Waals surface area (Å²) in [4.78, 5) is 8.85. The van der Waals surface area contributed by atoms with Crippen LogP contribution in [0.1, 0.15) is 31.0 Å². The van der Waals surface area contributed by atoms with Gasteiger partial charge >= 0.3 is 0 Å². The topological polar surface area (TPSA) is 67.3 Å². The summed E-state index contributed by atoms with van der Waals surface area (Å²) >= 11 is 3.40. The molecule has 2 heterocycles. The SMILES string of the molecule is OC1(CNc2cc(Br)nc(C3CC3)n2)CCOC1. The summed E-state index contributed by atoms with van der Waals surface area (Å²) in [6.45, 7) is 1.47.